The van der Waals surface area contributed by atoms with Crippen LogP contribution in [-0.2, 0) is 11.3 Å². The van der Waals surface area contributed by atoms with Crippen molar-refractivity contribution in [1.29, 1.82) is 0 Å². The van der Waals surface area contributed by atoms with E-state index in [1.54, 1.807) is 0 Å². The van der Waals surface area contributed by atoms with Crippen LogP contribution in [0.3, 0.4) is 0 Å². The zero-order chi connectivity index (χ0) is 13.5. The van der Waals surface area contributed by atoms with Crippen LogP contribution in [0.5, 0.6) is 0 Å². The van der Waals surface area contributed by atoms with Crippen LogP contribution in [0.4, 0.5) is 0 Å². The zero-order valence-electron chi connectivity index (χ0n) is 11.6. The second-order valence-electron chi connectivity index (χ2n) is 5.21. The first-order valence-corrected chi connectivity index (χ1v) is 7.37. The number of halogens is 1. The second-order valence-corrected chi connectivity index (χ2v) is 5.64. The molecule has 2 rings (SSSR count). The number of nitrogens with one attached hydrogen (secondary N) is 1. The molecule has 0 spiro atoms. The molecule has 19 heavy (non-hydrogen) atoms. The van der Waals surface area contributed by atoms with Gasteiger partial charge in [-0.2, -0.15) is 0 Å². The maximum absolute atomic E-state index is 5.98. The summed E-state index contributed by atoms with van der Waals surface area (Å²) >= 11 is 5.98. The van der Waals surface area contributed by atoms with Crippen LogP contribution in [0, 0.1) is 0 Å². The van der Waals surface area contributed by atoms with E-state index in [9.17, 15) is 0 Å². The highest BCUT2D eigenvalue weighted by molar-refractivity contribution is 6.30. The van der Waals surface area contributed by atoms with E-state index < -0.39 is 0 Å². The van der Waals surface area contributed by atoms with Crippen molar-refractivity contribution < 1.29 is 4.74 Å². The fourth-order valence-corrected chi connectivity index (χ4v) is 2.58. The van der Waals surface area contributed by atoms with Crippen LogP contribution in [-0.4, -0.2) is 44.3 Å². The molecular weight excluding hydrogens is 260 g/mol. The minimum absolute atomic E-state index is 0.429. The van der Waals surface area contributed by atoms with Crippen LogP contribution < -0.4 is 5.32 Å². The molecule has 1 N–H and O–H groups in total. The van der Waals surface area contributed by atoms with Gasteiger partial charge in [0.2, 0.25) is 0 Å². The van der Waals surface area contributed by atoms with Gasteiger partial charge in [-0.1, -0.05) is 23.7 Å². The first kappa shape index (κ1) is 14.8. The minimum Gasteiger partial charge on any atom is -0.377 e. The molecule has 1 atom stereocenters. The van der Waals surface area contributed by atoms with Crippen molar-refractivity contribution in [3.63, 3.8) is 0 Å². The van der Waals surface area contributed by atoms with Gasteiger partial charge in [0.25, 0.3) is 0 Å². The molecule has 0 radical (unpaired) electrons. The summed E-state index contributed by atoms with van der Waals surface area (Å²) in [5.41, 5.74) is 1.26. The van der Waals surface area contributed by atoms with Crippen molar-refractivity contribution in [1.82, 2.24) is 10.2 Å². The Bertz CT molecular complexity index is 380. The standard InChI is InChI=1S/C15H23ClN2O/c1-18(12-13-4-2-5-14(16)10-13)8-7-17-11-15-6-3-9-19-15/h2,4-5,10,15,17H,3,6-9,11-12H2,1H3. The molecular formula is C15H23ClN2O. The van der Waals surface area contributed by atoms with Gasteiger partial charge in [0.05, 0.1) is 6.10 Å². The molecule has 1 aromatic rings. The largest absolute Gasteiger partial charge is 0.377 e. The first-order chi connectivity index (χ1) is 9.24. The summed E-state index contributed by atoms with van der Waals surface area (Å²) in [6, 6.07) is 8.05. The Hall–Kier alpha value is -0.610. The highest BCUT2D eigenvalue weighted by Gasteiger charge is 2.14. The van der Waals surface area contributed by atoms with Gasteiger partial charge < -0.3 is 15.0 Å². The minimum atomic E-state index is 0.429. The SMILES string of the molecule is CN(CCNCC1CCCO1)Cc1cccc(Cl)c1. The summed E-state index contributed by atoms with van der Waals surface area (Å²) in [6.45, 7) is 4.87. The van der Waals surface area contributed by atoms with Crippen LogP contribution >= 0.6 is 11.6 Å². The van der Waals surface area contributed by atoms with E-state index in [0.717, 1.165) is 37.8 Å². The van der Waals surface area contributed by atoms with Gasteiger partial charge in [0.1, 0.15) is 0 Å². The molecule has 106 valence electrons. The Kier molecular flexibility index (Phi) is 6.11. The average molecular weight is 283 g/mol. The molecule has 1 aliphatic heterocycles. The lowest BCUT2D eigenvalue weighted by atomic mass is 10.2. The molecule has 1 unspecified atom stereocenters. The highest BCUT2D eigenvalue weighted by Crippen LogP contribution is 2.12. The molecule has 1 aromatic carbocycles. The van der Waals surface area contributed by atoms with Gasteiger partial charge in [-0.15, -0.1) is 0 Å². The van der Waals surface area contributed by atoms with Crippen LogP contribution in [0.2, 0.25) is 5.02 Å². The summed E-state index contributed by atoms with van der Waals surface area (Å²) in [6.07, 6.45) is 2.84. The Morgan fingerprint density at radius 1 is 1.47 bits per heavy atom. The van der Waals surface area contributed by atoms with Crippen molar-refractivity contribution in [2.24, 2.45) is 0 Å². The fraction of sp³-hybridized carbons (Fsp3) is 0.600. The van der Waals surface area contributed by atoms with Crippen molar-refractivity contribution >= 4 is 11.6 Å². The predicted molar refractivity (Wildman–Crippen MR) is 79.6 cm³/mol. The number of likely N-dealkylation sites (N-methyl/N-ethyl adjacent to an activating group) is 1. The lowest BCUT2D eigenvalue weighted by Crippen LogP contribution is -2.33. The number of hydrogen-bond acceptors (Lipinski definition) is 3. The van der Waals surface area contributed by atoms with Crippen molar-refractivity contribution in [2.75, 3.05) is 33.3 Å². The van der Waals surface area contributed by atoms with E-state index in [0.29, 0.717) is 6.10 Å². The Labute approximate surface area is 120 Å². The molecule has 0 saturated carbocycles. The quantitative estimate of drug-likeness (QED) is 0.778. The third-order valence-corrected chi connectivity index (χ3v) is 3.64. The van der Waals surface area contributed by atoms with Gasteiger partial charge in [0.15, 0.2) is 0 Å². The van der Waals surface area contributed by atoms with Crippen molar-refractivity contribution in [3.05, 3.63) is 34.9 Å². The third kappa shape index (κ3) is 5.49. The van der Waals surface area contributed by atoms with Gasteiger partial charge in [-0.3, -0.25) is 0 Å². The highest BCUT2D eigenvalue weighted by atomic mass is 35.5. The molecule has 0 aromatic heterocycles. The topological polar surface area (TPSA) is 24.5 Å². The molecule has 1 heterocycles. The molecule has 3 nitrogen and oxygen atoms in total. The van der Waals surface area contributed by atoms with E-state index in [-0.39, 0.29) is 0 Å². The third-order valence-electron chi connectivity index (χ3n) is 3.41. The van der Waals surface area contributed by atoms with Gasteiger partial charge in [-0.05, 0) is 37.6 Å². The summed E-state index contributed by atoms with van der Waals surface area (Å²) in [5.74, 6) is 0. The number of ether oxygens (including phenoxy) is 1. The summed E-state index contributed by atoms with van der Waals surface area (Å²) in [5, 5.41) is 4.27. The molecule has 0 amide bonds. The lowest BCUT2D eigenvalue weighted by molar-refractivity contribution is 0.109. The average Bonchev–Trinajstić information content (AvgIpc) is 2.88. The Balaban J connectivity index is 1.60. The number of rotatable bonds is 7. The van der Waals surface area contributed by atoms with E-state index in [4.69, 9.17) is 16.3 Å². The van der Waals surface area contributed by atoms with Gasteiger partial charge >= 0.3 is 0 Å². The van der Waals surface area contributed by atoms with E-state index in [1.165, 1.54) is 18.4 Å². The fourth-order valence-electron chi connectivity index (χ4n) is 2.36. The van der Waals surface area contributed by atoms with Crippen molar-refractivity contribution in [2.45, 2.75) is 25.5 Å². The summed E-state index contributed by atoms with van der Waals surface area (Å²) in [4.78, 5) is 2.30. The Morgan fingerprint density at radius 2 is 2.37 bits per heavy atom. The Morgan fingerprint density at radius 3 is 3.11 bits per heavy atom. The summed E-state index contributed by atoms with van der Waals surface area (Å²) in [7, 11) is 2.13. The smallest absolute Gasteiger partial charge is 0.0700 e. The number of hydrogen-bond donors (Lipinski definition) is 1. The van der Waals surface area contributed by atoms with E-state index in [1.807, 2.05) is 18.2 Å². The van der Waals surface area contributed by atoms with Gasteiger partial charge in [0, 0.05) is 37.8 Å². The van der Waals surface area contributed by atoms with Crippen LogP contribution in [0.25, 0.3) is 0 Å². The second kappa shape index (κ2) is 7.85. The summed E-state index contributed by atoms with van der Waals surface area (Å²) < 4.78 is 5.58. The maximum Gasteiger partial charge on any atom is 0.0700 e. The molecule has 1 saturated heterocycles. The maximum atomic E-state index is 5.98. The number of nitrogens with zero attached hydrogens (tertiary/aromatic N) is 1. The first-order valence-electron chi connectivity index (χ1n) is 6.99. The molecule has 0 bridgehead atoms. The zero-order valence-corrected chi connectivity index (χ0v) is 12.3. The van der Waals surface area contributed by atoms with E-state index >= 15 is 0 Å². The predicted octanol–water partition coefficient (Wildman–Crippen LogP) is 2.54. The molecule has 1 aliphatic rings. The van der Waals surface area contributed by atoms with Gasteiger partial charge in [-0.25, -0.2) is 0 Å². The molecule has 4 heteroatoms. The molecule has 1 fully saturated rings. The molecule has 0 aliphatic carbocycles. The lowest BCUT2D eigenvalue weighted by Gasteiger charge is -2.18. The monoisotopic (exact) mass is 282 g/mol. The number of benzene rings is 1. The van der Waals surface area contributed by atoms with Crippen LogP contribution in [0.1, 0.15) is 18.4 Å². The van der Waals surface area contributed by atoms with Crippen LogP contribution in [0.15, 0.2) is 24.3 Å². The van der Waals surface area contributed by atoms with E-state index in [2.05, 4.69) is 23.3 Å². The van der Waals surface area contributed by atoms with Crippen molar-refractivity contribution in [3.8, 4) is 0 Å². The normalized spacial score (nSPS) is 19.2.